The van der Waals surface area contributed by atoms with Crippen LogP contribution in [0.1, 0.15) is 30.9 Å². The third kappa shape index (κ3) is 3.40. The Kier molecular flexibility index (Phi) is 4.28. The van der Waals surface area contributed by atoms with E-state index in [0.717, 1.165) is 0 Å². The number of allylic oxidation sites excluding steroid dienone is 1. The minimum atomic E-state index is 0.557. The third-order valence-electron chi connectivity index (χ3n) is 2.93. The predicted octanol–water partition coefficient (Wildman–Crippen LogP) is 2.59. The first kappa shape index (κ1) is 13.3. The van der Waals surface area contributed by atoms with E-state index < -0.39 is 0 Å². The molecule has 2 rings (SSSR count). The lowest BCUT2D eigenvalue weighted by atomic mass is 10.0. The van der Waals surface area contributed by atoms with E-state index in [1.165, 1.54) is 11.1 Å². The van der Waals surface area contributed by atoms with E-state index >= 15 is 0 Å². The van der Waals surface area contributed by atoms with Gasteiger partial charge in [0.2, 0.25) is 5.95 Å². The van der Waals surface area contributed by atoms with Crippen LogP contribution in [-0.4, -0.2) is 20.2 Å². The second-order valence-electron chi connectivity index (χ2n) is 4.72. The Morgan fingerprint density at radius 3 is 2.68 bits per heavy atom. The average molecular weight is 257 g/mol. The molecule has 0 atom stereocenters. The number of nitrogens with one attached hydrogen (secondary N) is 1. The molecule has 0 amide bonds. The summed E-state index contributed by atoms with van der Waals surface area (Å²) in [6.07, 6.45) is 1.76. The molecule has 0 fully saturated rings. The number of anilines is 1. The largest absolute Gasteiger partial charge is 0.349 e. The van der Waals surface area contributed by atoms with Crippen molar-refractivity contribution in [3.8, 4) is 0 Å². The van der Waals surface area contributed by atoms with Crippen LogP contribution in [0.4, 0.5) is 5.95 Å². The van der Waals surface area contributed by atoms with Crippen molar-refractivity contribution in [3.63, 3.8) is 0 Å². The lowest BCUT2D eigenvalue weighted by Crippen LogP contribution is -2.08. The van der Waals surface area contributed by atoms with Crippen molar-refractivity contribution in [1.82, 2.24) is 20.2 Å². The van der Waals surface area contributed by atoms with Gasteiger partial charge in [0.15, 0.2) is 0 Å². The number of hydrogen-bond acceptors (Lipinski definition) is 4. The molecule has 0 saturated carbocycles. The van der Waals surface area contributed by atoms with Crippen LogP contribution in [0.25, 0.3) is 0 Å². The van der Waals surface area contributed by atoms with Crippen LogP contribution in [0.15, 0.2) is 36.9 Å². The highest BCUT2D eigenvalue weighted by molar-refractivity contribution is 5.29. The molecule has 100 valence electrons. The quantitative estimate of drug-likeness (QED) is 0.808. The van der Waals surface area contributed by atoms with Crippen molar-refractivity contribution in [1.29, 1.82) is 0 Å². The minimum Gasteiger partial charge on any atom is -0.349 e. The summed E-state index contributed by atoms with van der Waals surface area (Å²) in [5, 5.41) is 14.7. The Balaban J connectivity index is 1.98. The highest BCUT2D eigenvalue weighted by atomic mass is 15.6. The molecule has 0 aliphatic rings. The van der Waals surface area contributed by atoms with Crippen molar-refractivity contribution in [2.24, 2.45) is 0 Å². The van der Waals surface area contributed by atoms with Crippen LogP contribution in [-0.2, 0) is 13.1 Å². The van der Waals surface area contributed by atoms with Crippen LogP contribution in [0.5, 0.6) is 0 Å². The Labute approximate surface area is 113 Å². The molecule has 0 bridgehead atoms. The first-order valence-corrected chi connectivity index (χ1v) is 6.40. The molecule has 1 aromatic carbocycles. The van der Waals surface area contributed by atoms with Gasteiger partial charge >= 0.3 is 0 Å². The van der Waals surface area contributed by atoms with Crippen LogP contribution in [0.2, 0.25) is 0 Å². The van der Waals surface area contributed by atoms with Crippen molar-refractivity contribution >= 4 is 5.95 Å². The van der Waals surface area contributed by atoms with Crippen molar-refractivity contribution < 1.29 is 0 Å². The Morgan fingerprint density at radius 2 is 2.05 bits per heavy atom. The van der Waals surface area contributed by atoms with Crippen LogP contribution < -0.4 is 5.32 Å². The van der Waals surface area contributed by atoms with Gasteiger partial charge in [-0.3, -0.25) is 0 Å². The van der Waals surface area contributed by atoms with Gasteiger partial charge in [0.05, 0.1) is 6.54 Å². The maximum absolute atomic E-state index is 3.94. The molecule has 0 unspecified atom stereocenters. The molecule has 0 aliphatic carbocycles. The summed E-state index contributed by atoms with van der Waals surface area (Å²) in [7, 11) is 0. The lowest BCUT2D eigenvalue weighted by molar-refractivity contribution is 0.663. The molecular formula is C14H19N5. The zero-order valence-electron chi connectivity index (χ0n) is 11.4. The van der Waals surface area contributed by atoms with E-state index in [1.807, 2.05) is 0 Å². The fourth-order valence-corrected chi connectivity index (χ4v) is 1.78. The number of benzene rings is 1. The number of tetrazole rings is 1. The molecule has 19 heavy (non-hydrogen) atoms. The summed E-state index contributed by atoms with van der Waals surface area (Å²) in [4.78, 5) is 0. The fourth-order valence-electron chi connectivity index (χ4n) is 1.78. The molecule has 1 N–H and O–H groups in total. The first-order chi connectivity index (χ1) is 9.20. The van der Waals surface area contributed by atoms with Gasteiger partial charge in [0, 0.05) is 6.54 Å². The molecule has 1 aromatic heterocycles. The highest BCUT2D eigenvalue weighted by Gasteiger charge is 2.04. The Morgan fingerprint density at radius 1 is 1.32 bits per heavy atom. The molecule has 0 radical (unpaired) electrons. The van der Waals surface area contributed by atoms with E-state index in [0.29, 0.717) is 25.0 Å². The van der Waals surface area contributed by atoms with E-state index in [1.54, 1.807) is 10.8 Å². The minimum absolute atomic E-state index is 0.557. The smallest absolute Gasteiger partial charge is 0.243 e. The van der Waals surface area contributed by atoms with E-state index in [-0.39, 0.29) is 0 Å². The van der Waals surface area contributed by atoms with Gasteiger partial charge in [-0.2, -0.15) is 0 Å². The average Bonchev–Trinajstić information content (AvgIpc) is 2.85. The fraction of sp³-hybridized carbons (Fsp3) is 0.357. The van der Waals surface area contributed by atoms with Gasteiger partial charge < -0.3 is 5.32 Å². The van der Waals surface area contributed by atoms with Gasteiger partial charge in [-0.05, 0) is 27.5 Å². The standard InChI is InChI=1S/C14H19N5/c1-4-9-19-14(16-17-18-19)15-10-12-5-7-13(8-6-12)11(2)3/h4-8,11H,1,9-10H2,2-3H3,(H,15,16,18). The number of nitrogens with zero attached hydrogens (tertiary/aromatic N) is 4. The summed E-state index contributed by atoms with van der Waals surface area (Å²) in [6.45, 7) is 9.36. The summed E-state index contributed by atoms with van der Waals surface area (Å²) >= 11 is 0. The Bertz CT molecular complexity index is 527. The maximum atomic E-state index is 3.94. The Hall–Kier alpha value is -2.17. The zero-order valence-corrected chi connectivity index (χ0v) is 11.4. The van der Waals surface area contributed by atoms with Crippen LogP contribution in [0, 0.1) is 0 Å². The van der Waals surface area contributed by atoms with Gasteiger partial charge in [0.1, 0.15) is 0 Å². The van der Waals surface area contributed by atoms with Crippen LogP contribution >= 0.6 is 0 Å². The second-order valence-corrected chi connectivity index (χ2v) is 4.72. The van der Waals surface area contributed by atoms with Crippen molar-refractivity contribution in [2.75, 3.05) is 5.32 Å². The van der Waals surface area contributed by atoms with Gasteiger partial charge in [-0.25, -0.2) is 4.68 Å². The monoisotopic (exact) mass is 257 g/mol. The topological polar surface area (TPSA) is 55.6 Å². The molecule has 1 heterocycles. The maximum Gasteiger partial charge on any atom is 0.243 e. The van der Waals surface area contributed by atoms with Crippen molar-refractivity contribution in [2.45, 2.75) is 32.9 Å². The SMILES string of the molecule is C=CCn1nnnc1NCc1ccc(C(C)C)cc1. The second kappa shape index (κ2) is 6.13. The van der Waals surface area contributed by atoms with Gasteiger partial charge in [-0.15, -0.1) is 6.58 Å². The number of hydrogen-bond donors (Lipinski definition) is 1. The summed E-state index contributed by atoms with van der Waals surface area (Å²) in [5.74, 6) is 1.22. The van der Waals surface area contributed by atoms with Gasteiger partial charge in [-0.1, -0.05) is 49.3 Å². The molecule has 0 aliphatic heterocycles. The van der Waals surface area contributed by atoms with E-state index in [4.69, 9.17) is 0 Å². The van der Waals surface area contributed by atoms with Gasteiger partial charge in [0.25, 0.3) is 0 Å². The predicted molar refractivity (Wildman–Crippen MR) is 75.9 cm³/mol. The number of rotatable bonds is 6. The van der Waals surface area contributed by atoms with Crippen molar-refractivity contribution in [3.05, 3.63) is 48.0 Å². The van der Waals surface area contributed by atoms with Crippen LogP contribution in [0.3, 0.4) is 0 Å². The highest BCUT2D eigenvalue weighted by Crippen LogP contribution is 2.15. The molecule has 5 heteroatoms. The number of aromatic nitrogens is 4. The summed E-state index contributed by atoms with van der Waals surface area (Å²) < 4.78 is 1.68. The first-order valence-electron chi connectivity index (χ1n) is 6.40. The normalized spacial score (nSPS) is 10.7. The molecular weight excluding hydrogens is 238 g/mol. The van der Waals surface area contributed by atoms with E-state index in [2.05, 4.69) is 65.5 Å². The summed E-state index contributed by atoms with van der Waals surface area (Å²) in [6, 6.07) is 8.58. The zero-order chi connectivity index (χ0) is 13.7. The molecule has 2 aromatic rings. The molecule has 5 nitrogen and oxygen atoms in total. The third-order valence-corrected chi connectivity index (χ3v) is 2.93. The van der Waals surface area contributed by atoms with E-state index in [9.17, 15) is 0 Å². The molecule has 0 spiro atoms. The lowest BCUT2D eigenvalue weighted by Gasteiger charge is -2.08. The summed E-state index contributed by atoms with van der Waals surface area (Å²) in [5.41, 5.74) is 2.55. The molecule has 0 saturated heterocycles.